The molecule has 5 nitrogen and oxygen atoms in total. The zero-order valence-electron chi connectivity index (χ0n) is 12.1. The first-order valence-electron chi connectivity index (χ1n) is 6.68. The van der Waals surface area contributed by atoms with Gasteiger partial charge in [-0.15, -0.1) is 0 Å². The van der Waals surface area contributed by atoms with E-state index in [0.29, 0.717) is 18.0 Å². The van der Waals surface area contributed by atoms with Crippen LogP contribution < -0.4 is 11.1 Å². The van der Waals surface area contributed by atoms with Gasteiger partial charge in [-0.3, -0.25) is 0 Å². The Morgan fingerprint density at radius 3 is 2.70 bits per heavy atom. The average molecular weight is 298 g/mol. The van der Waals surface area contributed by atoms with E-state index in [1.165, 1.54) is 12.3 Å². The summed E-state index contributed by atoms with van der Waals surface area (Å²) < 4.78 is 29.0. The van der Waals surface area contributed by atoms with Gasteiger partial charge >= 0.3 is 0 Å². The van der Waals surface area contributed by atoms with Crippen LogP contribution >= 0.6 is 0 Å². The molecule has 0 aromatic heterocycles. The van der Waals surface area contributed by atoms with E-state index >= 15 is 0 Å². The molecule has 1 atom stereocenters. The summed E-state index contributed by atoms with van der Waals surface area (Å²) in [5.74, 6) is 0. The maximum absolute atomic E-state index is 11.7. The van der Waals surface area contributed by atoms with Crippen molar-refractivity contribution in [3.05, 3.63) is 18.2 Å². The zero-order chi connectivity index (χ0) is 15.0. The lowest BCUT2D eigenvalue weighted by molar-refractivity contribution is -0.0553. The highest BCUT2D eigenvalue weighted by Gasteiger charge is 2.29. The van der Waals surface area contributed by atoms with Gasteiger partial charge in [0.1, 0.15) is 0 Å². The summed E-state index contributed by atoms with van der Waals surface area (Å²) in [6, 6.07) is 5.28. The standard InChI is InChI=1S/C14H22N2O3S/c1-14(2)9-10(7-8-19-14)16-11-5-4-6-12(13(11)15)20(3,17)18/h4-6,10,16H,7-9,15H2,1-3H3. The lowest BCUT2D eigenvalue weighted by Crippen LogP contribution is -2.40. The highest BCUT2D eigenvalue weighted by atomic mass is 32.2. The maximum Gasteiger partial charge on any atom is 0.177 e. The van der Waals surface area contributed by atoms with Crippen molar-refractivity contribution in [1.29, 1.82) is 0 Å². The predicted molar refractivity (Wildman–Crippen MR) is 80.6 cm³/mol. The molecule has 20 heavy (non-hydrogen) atoms. The number of rotatable bonds is 3. The van der Waals surface area contributed by atoms with Crippen LogP contribution in [0, 0.1) is 0 Å². The van der Waals surface area contributed by atoms with E-state index in [4.69, 9.17) is 10.5 Å². The van der Waals surface area contributed by atoms with Gasteiger partial charge in [0.25, 0.3) is 0 Å². The van der Waals surface area contributed by atoms with Gasteiger partial charge in [-0.05, 0) is 38.8 Å². The summed E-state index contributed by atoms with van der Waals surface area (Å²) in [4.78, 5) is 0.175. The van der Waals surface area contributed by atoms with Crippen LogP contribution in [0.4, 0.5) is 11.4 Å². The minimum atomic E-state index is -3.31. The summed E-state index contributed by atoms with van der Waals surface area (Å²) in [6.45, 7) is 4.80. The number of hydrogen-bond acceptors (Lipinski definition) is 5. The average Bonchev–Trinajstić information content (AvgIpc) is 2.29. The van der Waals surface area contributed by atoms with Crippen molar-refractivity contribution in [1.82, 2.24) is 0 Å². The number of anilines is 2. The van der Waals surface area contributed by atoms with E-state index < -0.39 is 9.84 Å². The van der Waals surface area contributed by atoms with E-state index in [2.05, 4.69) is 19.2 Å². The molecule has 1 heterocycles. The molecule has 1 aromatic rings. The first kappa shape index (κ1) is 15.1. The first-order chi connectivity index (χ1) is 9.19. The monoisotopic (exact) mass is 298 g/mol. The second-order valence-electron chi connectivity index (χ2n) is 5.93. The number of para-hydroxylation sites is 1. The van der Waals surface area contributed by atoms with Crippen molar-refractivity contribution >= 4 is 21.2 Å². The molecule has 112 valence electrons. The minimum absolute atomic E-state index is 0.168. The van der Waals surface area contributed by atoms with Gasteiger partial charge in [0.2, 0.25) is 0 Å². The number of ether oxygens (including phenoxy) is 1. The molecule has 1 aliphatic rings. The summed E-state index contributed by atoms with van der Waals surface area (Å²) in [6.07, 6.45) is 2.90. The molecule has 0 saturated carbocycles. The van der Waals surface area contributed by atoms with Crippen LogP contribution in [0.3, 0.4) is 0 Å². The van der Waals surface area contributed by atoms with Crippen molar-refractivity contribution in [3.8, 4) is 0 Å². The topological polar surface area (TPSA) is 81.4 Å². The zero-order valence-corrected chi connectivity index (χ0v) is 13.0. The molecule has 1 unspecified atom stereocenters. The summed E-state index contributed by atoms with van der Waals surface area (Å²) in [5.41, 5.74) is 6.78. The fourth-order valence-electron chi connectivity index (χ4n) is 2.57. The molecule has 1 aliphatic heterocycles. The molecule has 0 aliphatic carbocycles. The Labute approximate surface area is 120 Å². The van der Waals surface area contributed by atoms with E-state index in [1.54, 1.807) is 6.07 Å². The van der Waals surface area contributed by atoms with E-state index in [-0.39, 0.29) is 16.5 Å². The Morgan fingerprint density at radius 1 is 1.40 bits per heavy atom. The van der Waals surface area contributed by atoms with Crippen LogP contribution in [-0.2, 0) is 14.6 Å². The van der Waals surface area contributed by atoms with Gasteiger partial charge in [0, 0.05) is 18.9 Å². The number of nitrogens with one attached hydrogen (secondary N) is 1. The number of hydrogen-bond donors (Lipinski definition) is 2. The summed E-state index contributed by atoms with van der Waals surface area (Å²) in [5, 5.41) is 3.35. The molecule has 1 fully saturated rings. The molecule has 1 saturated heterocycles. The Morgan fingerprint density at radius 2 is 2.10 bits per heavy atom. The largest absolute Gasteiger partial charge is 0.396 e. The third-order valence-corrected chi connectivity index (χ3v) is 4.68. The lowest BCUT2D eigenvalue weighted by atomic mass is 9.94. The van der Waals surface area contributed by atoms with Crippen molar-refractivity contribution in [2.45, 2.75) is 43.2 Å². The van der Waals surface area contributed by atoms with Crippen LogP contribution in [0.25, 0.3) is 0 Å². The van der Waals surface area contributed by atoms with Crippen molar-refractivity contribution in [2.75, 3.05) is 23.9 Å². The van der Waals surface area contributed by atoms with Gasteiger partial charge in [-0.1, -0.05) is 6.07 Å². The minimum Gasteiger partial charge on any atom is -0.396 e. The van der Waals surface area contributed by atoms with Crippen molar-refractivity contribution in [2.24, 2.45) is 0 Å². The fourth-order valence-corrected chi connectivity index (χ4v) is 3.40. The van der Waals surface area contributed by atoms with Crippen molar-refractivity contribution in [3.63, 3.8) is 0 Å². The van der Waals surface area contributed by atoms with Crippen molar-refractivity contribution < 1.29 is 13.2 Å². The molecular formula is C14H22N2O3S. The number of nitrogen functional groups attached to an aromatic ring is 1. The Hall–Kier alpha value is -1.27. The molecular weight excluding hydrogens is 276 g/mol. The second kappa shape index (κ2) is 5.26. The summed E-state index contributed by atoms with van der Waals surface area (Å²) in [7, 11) is -3.31. The molecule has 0 spiro atoms. The van der Waals surface area contributed by atoms with Gasteiger partial charge in [-0.25, -0.2) is 8.42 Å². The molecule has 6 heteroatoms. The molecule has 1 aromatic carbocycles. The van der Waals surface area contributed by atoms with Gasteiger partial charge in [0.05, 0.1) is 21.9 Å². The van der Waals surface area contributed by atoms with Gasteiger partial charge < -0.3 is 15.8 Å². The Balaban J connectivity index is 2.22. The van der Waals surface area contributed by atoms with Crippen LogP contribution in [-0.4, -0.2) is 32.9 Å². The molecule has 3 N–H and O–H groups in total. The Bertz CT molecular complexity index is 596. The van der Waals surface area contributed by atoms with Crippen LogP contribution in [0.2, 0.25) is 0 Å². The Kier molecular flexibility index (Phi) is 3.97. The number of sulfone groups is 1. The number of benzene rings is 1. The molecule has 2 rings (SSSR count). The molecule has 0 amide bonds. The quantitative estimate of drug-likeness (QED) is 0.835. The third kappa shape index (κ3) is 3.43. The van der Waals surface area contributed by atoms with E-state index in [1.807, 2.05) is 6.07 Å². The second-order valence-corrected chi connectivity index (χ2v) is 7.92. The van der Waals surface area contributed by atoms with Crippen LogP contribution in [0.5, 0.6) is 0 Å². The highest BCUT2D eigenvalue weighted by molar-refractivity contribution is 7.90. The smallest absolute Gasteiger partial charge is 0.177 e. The SMILES string of the molecule is CC1(C)CC(Nc2cccc(S(C)(=O)=O)c2N)CCO1. The molecule has 0 radical (unpaired) electrons. The normalized spacial score (nSPS) is 22.4. The van der Waals surface area contributed by atoms with Crippen LogP contribution in [0.1, 0.15) is 26.7 Å². The van der Waals surface area contributed by atoms with Gasteiger partial charge in [-0.2, -0.15) is 0 Å². The fraction of sp³-hybridized carbons (Fsp3) is 0.571. The van der Waals surface area contributed by atoms with Gasteiger partial charge in [0.15, 0.2) is 9.84 Å². The van der Waals surface area contributed by atoms with E-state index in [9.17, 15) is 8.42 Å². The lowest BCUT2D eigenvalue weighted by Gasteiger charge is -2.36. The predicted octanol–water partition coefficient (Wildman–Crippen LogP) is 2.04. The highest BCUT2D eigenvalue weighted by Crippen LogP contribution is 2.31. The third-order valence-electron chi connectivity index (χ3n) is 3.52. The first-order valence-corrected chi connectivity index (χ1v) is 8.57. The maximum atomic E-state index is 11.7. The molecule has 0 bridgehead atoms. The summed E-state index contributed by atoms with van der Waals surface area (Å²) >= 11 is 0. The number of nitrogens with two attached hydrogens (primary N) is 1. The van der Waals surface area contributed by atoms with E-state index in [0.717, 1.165) is 12.8 Å². The van der Waals surface area contributed by atoms with Crippen LogP contribution in [0.15, 0.2) is 23.1 Å².